The molecule has 0 bridgehead atoms. The molecule has 4 aromatic rings. The van der Waals surface area contributed by atoms with Crippen LogP contribution >= 0.6 is 11.8 Å². The smallest absolute Gasteiger partial charge is 0.146 e. The summed E-state index contributed by atoms with van der Waals surface area (Å²) in [6, 6.07) is 11.7. The van der Waals surface area contributed by atoms with Gasteiger partial charge in [0.15, 0.2) is 0 Å². The fourth-order valence-electron chi connectivity index (χ4n) is 4.04. The number of anilines is 2. The highest BCUT2D eigenvalue weighted by Gasteiger charge is 2.43. The SMILES string of the molecule is Nc1ccc2ccc(CCC3S[C@@H](n4ccc5c(N)ncnc54)[C@H](O)[C@@H]3O)cc2n1. The number of nitrogens with zero attached hydrogens (tertiary/aromatic N) is 4. The lowest BCUT2D eigenvalue weighted by molar-refractivity contribution is 0.0176. The number of hydrogen-bond donors (Lipinski definition) is 4. The number of aliphatic hydroxyl groups is 2. The standard InChI is InChI=1S/C21H22N6O2S/c22-16-6-4-12-3-1-11(9-14(12)26-16)2-5-15-17(28)18(29)21(30-15)27-8-7-13-19(23)24-10-25-20(13)27/h1,3-4,6-10,15,17-18,21,28-29H,2,5H2,(H2,22,26)(H2,23,24,25)/t15?,17-,18-,21-/m1/s1. The first-order valence-electron chi connectivity index (χ1n) is 9.75. The van der Waals surface area contributed by atoms with E-state index in [0.717, 1.165) is 34.7 Å². The van der Waals surface area contributed by atoms with E-state index in [-0.39, 0.29) is 10.6 Å². The first-order valence-corrected chi connectivity index (χ1v) is 10.7. The van der Waals surface area contributed by atoms with Crippen LogP contribution in [-0.4, -0.2) is 47.2 Å². The van der Waals surface area contributed by atoms with Crippen molar-refractivity contribution in [1.82, 2.24) is 19.5 Å². The summed E-state index contributed by atoms with van der Waals surface area (Å²) in [5.41, 5.74) is 14.4. The largest absolute Gasteiger partial charge is 0.389 e. The van der Waals surface area contributed by atoms with Gasteiger partial charge in [-0.1, -0.05) is 12.1 Å². The Morgan fingerprint density at radius 3 is 2.73 bits per heavy atom. The molecule has 1 unspecified atom stereocenters. The van der Waals surface area contributed by atoms with Gasteiger partial charge in [0.05, 0.1) is 17.0 Å². The van der Waals surface area contributed by atoms with Gasteiger partial charge >= 0.3 is 0 Å². The van der Waals surface area contributed by atoms with E-state index in [1.54, 1.807) is 17.8 Å². The number of benzene rings is 1. The Kier molecular flexibility index (Phi) is 4.73. The lowest BCUT2D eigenvalue weighted by Crippen LogP contribution is -2.31. The van der Waals surface area contributed by atoms with E-state index in [9.17, 15) is 10.2 Å². The molecule has 154 valence electrons. The van der Waals surface area contributed by atoms with Crippen molar-refractivity contribution >= 4 is 45.3 Å². The van der Waals surface area contributed by atoms with Crippen molar-refractivity contribution in [2.75, 3.05) is 11.5 Å². The zero-order valence-electron chi connectivity index (χ0n) is 16.1. The molecule has 1 aliphatic heterocycles. The van der Waals surface area contributed by atoms with E-state index in [4.69, 9.17) is 11.5 Å². The molecule has 4 atom stereocenters. The summed E-state index contributed by atoms with van der Waals surface area (Å²) in [6.07, 6.45) is 3.02. The summed E-state index contributed by atoms with van der Waals surface area (Å²) in [4.78, 5) is 12.7. The molecule has 4 heterocycles. The number of hydrogen-bond acceptors (Lipinski definition) is 8. The van der Waals surface area contributed by atoms with Crippen LogP contribution in [0.15, 0.2) is 48.9 Å². The molecule has 1 saturated heterocycles. The van der Waals surface area contributed by atoms with Crippen molar-refractivity contribution in [3.05, 3.63) is 54.5 Å². The molecule has 1 aliphatic rings. The van der Waals surface area contributed by atoms with E-state index < -0.39 is 12.2 Å². The van der Waals surface area contributed by atoms with Crippen LogP contribution in [0.2, 0.25) is 0 Å². The number of aromatic nitrogens is 4. The Morgan fingerprint density at radius 1 is 1.03 bits per heavy atom. The molecule has 30 heavy (non-hydrogen) atoms. The highest BCUT2D eigenvalue weighted by Crippen LogP contribution is 2.45. The quantitative estimate of drug-likeness (QED) is 0.393. The highest BCUT2D eigenvalue weighted by atomic mass is 32.2. The summed E-state index contributed by atoms with van der Waals surface area (Å²) in [5, 5.41) is 22.7. The summed E-state index contributed by atoms with van der Waals surface area (Å²) >= 11 is 1.56. The van der Waals surface area contributed by atoms with Gasteiger partial charge in [-0.15, -0.1) is 11.8 Å². The molecule has 6 N–H and O–H groups in total. The third-order valence-corrected chi connectivity index (χ3v) is 7.30. The third kappa shape index (κ3) is 3.24. The molecule has 0 radical (unpaired) electrons. The number of aryl methyl sites for hydroxylation is 1. The molecular weight excluding hydrogens is 400 g/mol. The number of fused-ring (bicyclic) bond motifs is 2. The van der Waals surface area contributed by atoms with Gasteiger partial charge in [0.1, 0.15) is 35.1 Å². The Balaban J connectivity index is 1.34. The van der Waals surface area contributed by atoms with Crippen LogP contribution in [0.4, 0.5) is 11.6 Å². The minimum absolute atomic E-state index is 0.105. The summed E-state index contributed by atoms with van der Waals surface area (Å²) < 4.78 is 1.87. The van der Waals surface area contributed by atoms with Gasteiger partial charge in [-0.05, 0) is 42.7 Å². The molecule has 1 aromatic carbocycles. The minimum atomic E-state index is -0.898. The summed E-state index contributed by atoms with van der Waals surface area (Å²) in [7, 11) is 0. The maximum Gasteiger partial charge on any atom is 0.146 e. The number of thioether (sulfide) groups is 1. The molecule has 0 aliphatic carbocycles. The topological polar surface area (TPSA) is 136 Å². The van der Waals surface area contributed by atoms with Crippen LogP contribution in [-0.2, 0) is 6.42 Å². The van der Waals surface area contributed by atoms with E-state index in [2.05, 4.69) is 21.0 Å². The van der Waals surface area contributed by atoms with E-state index in [1.807, 2.05) is 35.0 Å². The summed E-state index contributed by atoms with van der Waals surface area (Å²) in [5.74, 6) is 0.898. The van der Waals surface area contributed by atoms with E-state index in [0.29, 0.717) is 17.3 Å². The van der Waals surface area contributed by atoms with Gasteiger partial charge in [-0.25, -0.2) is 15.0 Å². The molecule has 3 aromatic heterocycles. The zero-order chi connectivity index (χ0) is 20.8. The van der Waals surface area contributed by atoms with Gasteiger partial charge in [0.25, 0.3) is 0 Å². The van der Waals surface area contributed by atoms with Crippen molar-refractivity contribution in [2.24, 2.45) is 0 Å². The zero-order valence-corrected chi connectivity index (χ0v) is 16.9. The van der Waals surface area contributed by atoms with Gasteiger partial charge in [-0.2, -0.15) is 0 Å². The lowest BCUT2D eigenvalue weighted by Gasteiger charge is -2.17. The highest BCUT2D eigenvalue weighted by molar-refractivity contribution is 8.00. The first kappa shape index (κ1) is 19.1. The lowest BCUT2D eigenvalue weighted by atomic mass is 10.0. The van der Waals surface area contributed by atoms with Crippen LogP contribution in [0.1, 0.15) is 17.4 Å². The molecular formula is C21H22N6O2S. The number of aliphatic hydroxyl groups excluding tert-OH is 2. The fraction of sp³-hybridized carbons (Fsp3) is 0.286. The monoisotopic (exact) mass is 422 g/mol. The second-order valence-electron chi connectivity index (χ2n) is 7.57. The number of pyridine rings is 1. The number of rotatable bonds is 4. The molecule has 0 spiro atoms. The van der Waals surface area contributed by atoms with Crippen LogP contribution in [0.5, 0.6) is 0 Å². The van der Waals surface area contributed by atoms with Gasteiger partial charge in [0.2, 0.25) is 0 Å². The van der Waals surface area contributed by atoms with Crippen molar-refractivity contribution in [3.63, 3.8) is 0 Å². The minimum Gasteiger partial charge on any atom is -0.389 e. The number of nitrogens with two attached hydrogens (primary N) is 2. The van der Waals surface area contributed by atoms with Crippen LogP contribution in [0, 0.1) is 0 Å². The summed E-state index contributed by atoms with van der Waals surface area (Å²) in [6.45, 7) is 0. The second kappa shape index (κ2) is 7.42. The average molecular weight is 423 g/mol. The Morgan fingerprint density at radius 2 is 1.87 bits per heavy atom. The maximum atomic E-state index is 10.7. The van der Waals surface area contributed by atoms with Crippen LogP contribution < -0.4 is 11.5 Å². The molecule has 9 heteroatoms. The van der Waals surface area contributed by atoms with Crippen molar-refractivity contribution in [3.8, 4) is 0 Å². The van der Waals surface area contributed by atoms with Crippen molar-refractivity contribution < 1.29 is 10.2 Å². The first-order chi connectivity index (χ1) is 14.5. The Bertz CT molecular complexity index is 1230. The van der Waals surface area contributed by atoms with E-state index in [1.165, 1.54) is 6.33 Å². The Hall–Kier alpha value is -2.88. The molecule has 5 rings (SSSR count). The van der Waals surface area contributed by atoms with Crippen molar-refractivity contribution in [1.29, 1.82) is 0 Å². The molecule has 1 fully saturated rings. The normalized spacial score (nSPS) is 24.1. The Labute approximate surface area is 177 Å². The number of nitrogen functional groups attached to an aromatic ring is 2. The fourth-order valence-corrected chi connectivity index (χ4v) is 5.59. The average Bonchev–Trinajstić information content (AvgIpc) is 3.29. The molecule has 8 nitrogen and oxygen atoms in total. The third-order valence-electron chi connectivity index (χ3n) is 5.65. The molecule has 0 amide bonds. The van der Waals surface area contributed by atoms with Crippen molar-refractivity contribution in [2.45, 2.75) is 35.7 Å². The van der Waals surface area contributed by atoms with Crippen LogP contribution in [0.3, 0.4) is 0 Å². The predicted octanol–water partition coefficient (Wildman–Crippen LogP) is 2.11. The molecule has 0 saturated carbocycles. The second-order valence-corrected chi connectivity index (χ2v) is 8.93. The van der Waals surface area contributed by atoms with Crippen LogP contribution in [0.25, 0.3) is 21.9 Å². The predicted molar refractivity (Wildman–Crippen MR) is 119 cm³/mol. The van der Waals surface area contributed by atoms with Gasteiger partial charge in [0, 0.05) is 16.8 Å². The van der Waals surface area contributed by atoms with Gasteiger partial charge < -0.3 is 26.2 Å². The van der Waals surface area contributed by atoms with E-state index >= 15 is 0 Å². The maximum absolute atomic E-state index is 10.7. The van der Waals surface area contributed by atoms with Gasteiger partial charge in [-0.3, -0.25) is 0 Å².